The first-order chi connectivity index (χ1) is 8.58. The van der Waals surface area contributed by atoms with E-state index in [-0.39, 0.29) is 5.82 Å². The maximum Gasteiger partial charge on any atom is 0.205 e. The van der Waals surface area contributed by atoms with Crippen LogP contribution >= 0.6 is 11.5 Å². The molecule has 0 unspecified atom stereocenters. The van der Waals surface area contributed by atoms with Gasteiger partial charge in [0.15, 0.2) is 0 Å². The molecule has 1 aromatic carbocycles. The third kappa shape index (κ3) is 2.85. The van der Waals surface area contributed by atoms with E-state index in [0.29, 0.717) is 18.0 Å². The summed E-state index contributed by atoms with van der Waals surface area (Å²) in [5.74, 6) is 0.977. The van der Waals surface area contributed by atoms with E-state index in [2.05, 4.69) is 23.2 Å². The van der Waals surface area contributed by atoms with Crippen LogP contribution < -0.4 is 4.90 Å². The van der Waals surface area contributed by atoms with Gasteiger partial charge >= 0.3 is 0 Å². The molecule has 0 atom stereocenters. The number of rotatable bonds is 4. The van der Waals surface area contributed by atoms with Gasteiger partial charge in [-0.3, -0.25) is 0 Å². The zero-order valence-electron chi connectivity index (χ0n) is 10.7. The molecule has 96 valence electrons. The molecule has 1 heterocycles. The van der Waals surface area contributed by atoms with Crippen molar-refractivity contribution in [3.63, 3.8) is 0 Å². The van der Waals surface area contributed by atoms with Crippen LogP contribution in [0, 0.1) is 5.82 Å². The van der Waals surface area contributed by atoms with Crippen LogP contribution in [0.2, 0.25) is 0 Å². The molecule has 0 aliphatic carbocycles. The van der Waals surface area contributed by atoms with Gasteiger partial charge in [0, 0.05) is 36.6 Å². The van der Waals surface area contributed by atoms with E-state index in [0.717, 1.165) is 11.0 Å². The number of halogens is 1. The molecule has 0 spiro atoms. The fourth-order valence-corrected chi connectivity index (χ4v) is 2.33. The first-order valence-corrected chi connectivity index (χ1v) is 6.63. The summed E-state index contributed by atoms with van der Waals surface area (Å²) in [7, 11) is 1.90. The Labute approximate surface area is 110 Å². The molecule has 0 amide bonds. The van der Waals surface area contributed by atoms with Gasteiger partial charge < -0.3 is 4.90 Å². The van der Waals surface area contributed by atoms with Crippen LogP contribution in [0.4, 0.5) is 9.52 Å². The van der Waals surface area contributed by atoms with Crippen LogP contribution in [0.1, 0.15) is 31.2 Å². The van der Waals surface area contributed by atoms with Crippen molar-refractivity contribution >= 4 is 16.7 Å². The van der Waals surface area contributed by atoms with Gasteiger partial charge in [0.1, 0.15) is 11.6 Å². The van der Waals surface area contributed by atoms with Gasteiger partial charge in [-0.1, -0.05) is 32.0 Å². The van der Waals surface area contributed by atoms with Crippen molar-refractivity contribution in [1.82, 2.24) is 9.36 Å². The van der Waals surface area contributed by atoms with Gasteiger partial charge in [0.05, 0.1) is 0 Å². The smallest absolute Gasteiger partial charge is 0.205 e. The maximum atomic E-state index is 13.5. The Hall–Kier alpha value is -1.49. The predicted molar refractivity (Wildman–Crippen MR) is 72.5 cm³/mol. The number of nitrogens with zero attached hydrogens (tertiary/aromatic N) is 3. The third-order valence-electron chi connectivity index (χ3n) is 2.64. The van der Waals surface area contributed by atoms with Crippen molar-refractivity contribution in [3.8, 4) is 0 Å². The Kier molecular flexibility index (Phi) is 3.91. The van der Waals surface area contributed by atoms with Gasteiger partial charge in [0.2, 0.25) is 5.13 Å². The molecule has 0 saturated carbocycles. The zero-order chi connectivity index (χ0) is 13.1. The lowest BCUT2D eigenvalue weighted by Crippen LogP contribution is -2.17. The largest absolute Gasteiger partial charge is 0.345 e. The van der Waals surface area contributed by atoms with Crippen molar-refractivity contribution in [2.75, 3.05) is 11.9 Å². The average molecular weight is 265 g/mol. The van der Waals surface area contributed by atoms with Gasteiger partial charge in [0.25, 0.3) is 0 Å². The summed E-state index contributed by atoms with van der Waals surface area (Å²) in [6.07, 6.45) is 0. The minimum Gasteiger partial charge on any atom is -0.345 e. The number of benzene rings is 1. The number of aromatic nitrogens is 2. The van der Waals surface area contributed by atoms with Crippen LogP contribution in [-0.4, -0.2) is 16.4 Å². The SMILES string of the molecule is CC(C)c1nsc(N(C)Cc2ccccc2F)n1. The molecule has 0 fully saturated rings. The van der Waals surface area contributed by atoms with E-state index >= 15 is 0 Å². The molecule has 0 bridgehead atoms. The number of anilines is 1. The van der Waals surface area contributed by atoms with Crippen molar-refractivity contribution in [2.45, 2.75) is 26.3 Å². The van der Waals surface area contributed by atoms with E-state index in [1.54, 1.807) is 12.1 Å². The van der Waals surface area contributed by atoms with Gasteiger partial charge in [-0.2, -0.15) is 4.37 Å². The zero-order valence-corrected chi connectivity index (χ0v) is 11.5. The van der Waals surface area contributed by atoms with Crippen molar-refractivity contribution in [3.05, 3.63) is 41.5 Å². The van der Waals surface area contributed by atoms with E-state index < -0.39 is 0 Å². The molecule has 0 aliphatic rings. The lowest BCUT2D eigenvalue weighted by molar-refractivity contribution is 0.607. The topological polar surface area (TPSA) is 29.0 Å². The Morgan fingerprint density at radius 2 is 2.06 bits per heavy atom. The fraction of sp³-hybridized carbons (Fsp3) is 0.385. The summed E-state index contributed by atoms with van der Waals surface area (Å²) in [6, 6.07) is 6.80. The molecule has 1 aromatic heterocycles. The second-order valence-electron chi connectivity index (χ2n) is 4.54. The van der Waals surface area contributed by atoms with Crippen LogP contribution in [0.5, 0.6) is 0 Å². The van der Waals surface area contributed by atoms with Crippen LogP contribution in [-0.2, 0) is 6.54 Å². The molecule has 2 rings (SSSR count). The molecular weight excluding hydrogens is 249 g/mol. The minimum atomic E-state index is -0.182. The Balaban J connectivity index is 2.12. The predicted octanol–water partition coefficient (Wildman–Crippen LogP) is 3.44. The lowest BCUT2D eigenvalue weighted by atomic mass is 10.2. The maximum absolute atomic E-state index is 13.5. The molecular formula is C13H16FN3S. The highest BCUT2D eigenvalue weighted by molar-refractivity contribution is 7.09. The molecule has 3 nitrogen and oxygen atoms in total. The van der Waals surface area contributed by atoms with E-state index in [4.69, 9.17) is 0 Å². The summed E-state index contributed by atoms with van der Waals surface area (Å²) < 4.78 is 17.8. The molecule has 0 aliphatic heterocycles. The van der Waals surface area contributed by atoms with Gasteiger partial charge in [-0.15, -0.1) is 0 Å². The molecule has 2 aromatic rings. The van der Waals surface area contributed by atoms with Gasteiger partial charge in [-0.25, -0.2) is 9.37 Å². The Bertz CT molecular complexity index is 524. The van der Waals surface area contributed by atoms with Gasteiger partial charge in [-0.05, 0) is 6.07 Å². The second kappa shape index (κ2) is 5.44. The second-order valence-corrected chi connectivity index (χ2v) is 5.27. The van der Waals surface area contributed by atoms with Crippen LogP contribution in [0.15, 0.2) is 24.3 Å². The normalized spacial score (nSPS) is 10.9. The van der Waals surface area contributed by atoms with Crippen LogP contribution in [0.3, 0.4) is 0 Å². The molecule has 0 saturated heterocycles. The fourth-order valence-electron chi connectivity index (χ4n) is 1.57. The summed E-state index contributed by atoms with van der Waals surface area (Å²) in [4.78, 5) is 6.37. The summed E-state index contributed by atoms with van der Waals surface area (Å²) in [6.45, 7) is 4.62. The average Bonchev–Trinajstić information content (AvgIpc) is 2.81. The van der Waals surface area contributed by atoms with Crippen molar-refractivity contribution in [1.29, 1.82) is 0 Å². The monoisotopic (exact) mass is 265 g/mol. The molecule has 0 N–H and O–H groups in total. The highest BCUT2D eigenvalue weighted by atomic mass is 32.1. The van der Waals surface area contributed by atoms with E-state index in [1.807, 2.05) is 18.0 Å². The quantitative estimate of drug-likeness (QED) is 0.848. The lowest BCUT2D eigenvalue weighted by Gasteiger charge is -2.15. The van der Waals surface area contributed by atoms with Crippen molar-refractivity contribution < 1.29 is 4.39 Å². The first-order valence-electron chi connectivity index (χ1n) is 5.86. The summed E-state index contributed by atoms with van der Waals surface area (Å²) >= 11 is 1.35. The standard InChI is InChI=1S/C13H16FN3S/c1-9(2)12-15-13(18-16-12)17(3)8-10-6-4-5-7-11(10)14/h4-7,9H,8H2,1-3H3. The summed E-state index contributed by atoms with van der Waals surface area (Å²) in [5.41, 5.74) is 0.668. The highest BCUT2D eigenvalue weighted by Gasteiger charge is 2.12. The Morgan fingerprint density at radius 3 is 2.67 bits per heavy atom. The minimum absolute atomic E-state index is 0.182. The molecule has 0 radical (unpaired) electrons. The number of hydrogen-bond donors (Lipinski definition) is 0. The molecule has 5 heteroatoms. The first kappa shape index (κ1) is 13.0. The third-order valence-corrected chi connectivity index (χ3v) is 3.48. The van der Waals surface area contributed by atoms with E-state index in [9.17, 15) is 4.39 Å². The number of hydrogen-bond acceptors (Lipinski definition) is 4. The molecule has 18 heavy (non-hydrogen) atoms. The van der Waals surface area contributed by atoms with E-state index in [1.165, 1.54) is 17.6 Å². The highest BCUT2D eigenvalue weighted by Crippen LogP contribution is 2.22. The van der Waals surface area contributed by atoms with Crippen LogP contribution in [0.25, 0.3) is 0 Å². The Morgan fingerprint density at radius 1 is 1.33 bits per heavy atom. The van der Waals surface area contributed by atoms with Crippen molar-refractivity contribution in [2.24, 2.45) is 0 Å². The summed E-state index contributed by atoms with van der Waals surface area (Å²) in [5, 5.41) is 0.821.